The smallest absolute Gasteiger partial charge is 0.128 e. The van der Waals surface area contributed by atoms with Crippen LogP contribution >= 0.6 is 0 Å². The summed E-state index contributed by atoms with van der Waals surface area (Å²) < 4.78 is 12.2. The van der Waals surface area contributed by atoms with Gasteiger partial charge in [-0.25, -0.2) is 9.37 Å². The molecule has 0 amide bonds. The predicted octanol–water partition coefficient (Wildman–Crippen LogP) is 0.632. The highest BCUT2D eigenvalue weighted by atomic mass is 19.1. The van der Waals surface area contributed by atoms with E-state index >= 15 is 0 Å². The zero-order valence-electron chi connectivity index (χ0n) is 9.98. The van der Waals surface area contributed by atoms with Crippen LogP contribution in [-0.2, 0) is 6.54 Å². The van der Waals surface area contributed by atoms with Crippen LogP contribution in [0.5, 0.6) is 0 Å². The Balaban J connectivity index is 1.91. The van der Waals surface area contributed by atoms with Crippen molar-refractivity contribution >= 4 is 5.82 Å². The summed E-state index contributed by atoms with van der Waals surface area (Å²) in [7, 11) is 0. The van der Waals surface area contributed by atoms with Gasteiger partial charge in [0, 0.05) is 45.5 Å². The molecule has 2 rings (SSSR count). The number of hydrogen-bond donors (Lipinski definition) is 1. The summed E-state index contributed by atoms with van der Waals surface area (Å²) in [6.45, 7) is 4.45. The van der Waals surface area contributed by atoms with Gasteiger partial charge in [-0.1, -0.05) is 6.07 Å². The highest BCUT2D eigenvalue weighted by Gasteiger charge is 2.17. The topological polar surface area (TPSA) is 45.4 Å². The third kappa shape index (κ3) is 3.14. The molecule has 17 heavy (non-hydrogen) atoms. The van der Waals surface area contributed by atoms with Crippen LogP contribution in [0.25, 0.3) is 0 Å². The van der Waals surface area contributed by atoms with E-state index in [1.807, 2.05) is 18.3 Å². The van der Waals surface area contributed by atoms with Gasteiger partial charge in [0.25, 0.3) is 0 Å². The summed E-state index contributed by atoms with van der Waals surface area (Å²) in [5.74, 6) is 0.988. The molecule has 0 saturated carbocycles. The van der Waals surface area contributed by atoms with Gasteiger partial charge in [0.15, 0.2) is 0 Å². The lowest BCUT2D eigenvalue weighted by molar-refractivity contribution is 0.235. The number of aromatic nitrogens is 1. The molecule has 1 aliphatic heterocycles. The molecule has 1 aromatic rings. The van der Waals surface area contributed by atoms with Crippen LogP contribution in [0.1, 0.15) is 5.56 Å². The second kappa shape index (κ2) is 5.93. The summed E-state index contributed by atoms with van der Waals surface area (Å²) in [5.41, 5.74) is 6.58. The number of alkyl halides is 1. The first-order valence-corrected chi connectivity index (χ1v) is 6.01. The largest absolute Gasteiger partial charge is 0.354 e. The van der Waals surface area contributed by atoms with E-state index in [-0.39, 0.29) is 6.67 Å². The lowest BCUT2D eigenvalue weighted by Crippen LogP contribution is -2.47. The summed E-state index contributed by atoms with van der Waals surface area (Å²) in [5, 5.41) is 0. The molecular weight excluding hydrogens is 219 g/mol. The van der Waals surface area contributed by atoms with E-state index in [9.17, 15) is 4.39 Å². The van der Waals surface area contributed by atoms with Crippen LogP contribution in [0.15, 0.2) is 18.3 Å². The number of anilines is 1. The quantitative estimate of drug-likeness (QED) is 0.836. The van der Waals surface area contributed by atoms with E-state index in [1.165, 1.54) is 0 Å². The maximum absolute atomic E-state index is 12.2. The number of rotatable bonds is 4. The minimum atomic E-state index is -0.260. The summed E-state index contributed by atoms with van der Waals surface area (Å²) in [6.07, 6.45) is 1.82. The van der Waals surface area contributed by atoms with Gasteiger partial charge in [-0.2, -0.15) is 0 Å². The van der Waals surface area contributed by atoms with Gasteiger partial charge in [-0.05, 0) is 11.6 Å². The highest BCUT2D eigenvalue weighted by Crippen LogP contribution is 2.13. The SMILES string of the molecule is NCc1ccc(N2CCN(CCF)CC2)nc1. The van der Waals surface area contributed by atoms with E-state index in [0.29, 0.717) is 13.1 Å². The molecule has 0 aliphatic carbocycles. The molecule has 0 spiro atoms. The third-order valence-corrected chi connectivity index (χ3v) is 3.14. The molecule has 0 unspecified atom stereocenters. The molecule has 4 nitrogen and oxygen atoms in total. The van der Waals surface area contributed by atoms with E-state index in [2.05, 4.69) is 14.8 Å². The Hall–Kier alpha value is -1.20. The summed E-state index contributed by atoms with van der Waals surface area (Å²) in [6, 6.07) is 4.02. The third-order valence-electron chi connectivity index (χ3n) is 3.14. The molecule has 2 heterocycles. The van der Waals surface area contributed by atoms with Gasteiger partial charge >= 0.3 is 0 Å². The van der Waals surface area contributed by atoms with E-state index in [4.69, 9.17) is 5.73 Å². The number of piperazine rings is 1. The first-order valence-electron chi connectivity index (χ1n) is 6.01. The molecule has 2 N–H and O–H groups in total. The second-order valence-corrected chi connectivity index (χ2v) is 4.25. The standard InChI is InChI=1S/C12H19FN4/c13-3-4-16-5-7-17(8-6-16)12-2-1-11(9-14)10-15-12/h1-2,10H,3-9,14H2. The highest BCUT2D eigenvalue weighted by molar-refractivity contribution is 5.39. The Morgan fingerprint density at radius 2 is 2.00 bits per heavy atom. The van der Waals surface area contributed by atoms with Crippen molar-refractivity contribution in [3.05, 3.63) is 23.9 Å². The fraction of sp³-hybridized carbons (Fsp3) is 0.583. The zero-order chi connectivity index (χ0) is 12.1. The number of hydrogen-bond acceptors (Lipinski definition) is 4. The van der Waals surface area contributed by atoms with E-state index in [1.54, 1.807) is 0 Å². The zero-order valence-corrected chi connectivity index (χ0v) is 9.98. The average Bonchev–Trinajstić information content (AvgIpc) is 2.40. The van der Waals surface area contributed by atoms with Crippen molar-refractivity contribution in [2.24, 2.45) is 5.73 Å². The van der Waals surface area contributed by atoms with E-state index in [0.717, 1.165) is 37.6 Å². The normalized spacial score (nSPS) is 17.4. The molecule has 1 aliphatic rings. The Bertz CT molecular complexity index is 333. The van der Waals surface area contributed by atoms with Crippen molar-refractivity contribution in [2.45, 2.75) is 6.54 Å². The van der Waals surface area contributed by atoms with E-state index < -0.39 is 0 Å². The van der Waals surface area contributed by atoms with Crippen molar-refractivity contribution in [1.82, 2.24) is 9.88 Å². The lowest BCUT2D eigenvalue weighted by Gasteiger charge is -2.34. The maximum atomic E-state index is 12.2. The molecule has 1 saturated heterocycles. The molecule has 1 aromatic heterocycles. The Morgan fingerprint density at radius 3 is 2.53 bits per heavy atom. The van der Waals surface area contributed by atoms with Crippen LogP contribution in [-0.4, -0.2) is 49.3 Å². The summed E-state index contributed by atoms with van der Waals surface area (Å²) >= 11 is 0. The fourth-order valence-corrected chi connectivity index (χ4v) is 2.04. The minimum Gasteiger partial charge on any atom is -0.354 e. The van der Waals surface area contributed by atoms with Gasteiger partial charge in [0.05, 0.1) is 0 Å². The number of pyridine rings is 1. The number of nitrogens with two attached hydrogens (primary N) is 1. The Morgan fingerprint density at radius 1 is 1.24 bits per heavy atom. The maximum Gasteiger partial charge on any atom is 0.128 e. The van der Waals surface area contributed by atoms with Crippen molar-refractivity contribution in [1.29, 1.82) is 0 Å². The lowest BCUT2D eigenvalue weighted by atomic mass is 10.2. The predicted molar refractivity (Wildman–Crippen MR) is 66.8 cm³/mol. The van der Waals surface area contributed by atoms with Gasteiger partial charge in [-0.3, -0.25) is 4.90 Å². The van der Waals surface area contributed by atoms with Crippen molar-refractivity contribution < 1.29 is 4.39 Å². The monoisotopic (exact) mass is 238 g/mol. The van der Waals surface area contributed by atoms with Crippen LogP contribution in [0, 0.1) is 0 Å². The number of nitrogens with zero attached hydrogens (tertiary/aromatic N) is 3. The molecule has 1 fully saturated rings. The summed E-state index contributed by atoms with van der Waals surface area (Å²) in [4.78, 5) is 8.77. The van der Waals surface area contributed by atoms with Crippen LogP contribution in [0.3, 0.4) is 0 Å². The first kappa shape index (κ1) is 12.3. The molecule has 94 valence electrons. The minimum absolute atomic E-state index is 0.260. The van der Waals surface area contributed by atoms with Crippen molar-refractivity contribution in [3.8, 4) is 0 Å². The number of halogens is 1. The molecule has 0 radical (unpaired) electrons. The Labute approximate surface area is 101 Å². The molecule has 0 bridgehead atoms. The van der Waals surface area contributed by atoms with Crippen LogP contribution in [0.2, 0.25) is 0 Å². The molecule has 5 heteroatoms. The first-order chi connectivity index (χ1) is 8.33. The van der Waals surface area contributed by atoms with Crippen molar-refractivity contribution in [3.63, 3.8) is 0 Å². The average molecular weight is 238 g/mol. The van der Waals surface area contributed by atoms with Crippen LogP contribution in [0.4, 0.5) is 10.2 Å². The van der Waals surface area contributed by atoms with Gasteiger partial charge in [0.2, 0.25) is 0 Å². The molecule has 0 aromatic carbocycles. The van der Waals surface area contributed by atoms with Gasteiger partial charge < -0.3 is 10.6 Å². The fourth-order valence-electron chi connectivity index (χ4n) is 2.04. The van der Waals surface area contributed by atoms with Crippen LogP contribution < -0.4 is 10.6 Å². The molecule has 0 atom stereocenters. The van der Waals surface area contributed by atoms with Gasteiger partial charge in [0.1, 0.15) is 12.5 Å². The Kier molecular flexibility index (Phi) is 4.28. The van der Waals surface area contributed by atoms with Crippen molar-refractivity contribution in [2.75, 3.05) is 44.3 Å². The molecular formula is C12H19FN4. The van der Waals surface area contributed by atoms with Gasteiger partial charge in [-0.15, -0.1) is 0 Å². The second-order valence-electron chi connectivity index (χ2n) is 4.25.